The maximum atomic E-state index is 11.9. The van der Waals surface area contributed by atoms with E-state index in [9.17, 15) is 4.79 Å². The van der Waals surface area contributed by atoms with E-state index in [0.717, 1.165) is 36.1 Å². The Morgan fingerprint density at radius 1 is 1.40 bits per heavy atom. The van der Waals surface area contributed by atoms with Crippen molar-refractivity contribution in [2.45, 2.75) is 32.6 Å². The number of aromatic nitrogens is 2. The Balaban J connectivity index is 2.23. The fourth-order valence-corrected chi connectivity index (χ4v) is 2.52. The van der Waals surface area contributed by atoms with Gasteiger partial charge in [0.05, 0.1) is 24.1 Å². The van der Waals surface area contributed by atoms with Gasteiger partial charge >= 0.3 is 5.97 Å². The van der Waals surface area contributed by atoms with E-state index < -0.39 is 0 Å². The predicted molar refractivity (Wildman–Crippen MR) is 79.4 cm³/mol. The minimum atomic E-state index is -0.134. The second kappa shape index (κ2) is 6.55. The molecule has 0 aliphatic rings. The Kier molecular flexibility index (Phi) is 4.77. The predicted octanol–water partition coefficient (Wildman–Crippen LogP) is 3.10. The van der Waals surface area contributed by atoms with Crippen LogP contribution in [0, 0.1) is 5.92 Å². The van der Waals surface area contributed by atoms with E-state index in [2.05, 4.69) is 16.5 Å². The van der Waals surface area contributed by atoms with Crippen LogP contribution in [0.1, 0.15) is 32.0 Å². The van der Waals surface area contributed by atoms with Crippen LogP contribution >= 0.6 is 0 Å². The van der Waals surface area contributed by atoms with Gasteiger partial charge < -0.3 is 9.30 Å². The molecule has 108 valence electrons. The molecule has 0 saturated heterocycles. The summed E-state index contributed by atoms with van der Waals surface area (Å²) >= 11 is 0. The largest absolute Gasteiger partial charge is 0.469 e. The molecule has 0 N–H and O–H groups in total. The highest BCUT2D eigenvalue weighted by Crippen LogP contribution is 2.20. The zero-order valence-electron chi connectivity index (χ0n) is 12.4. The van der Waals surface area contributed by atoms with Gasteiger partial charge in [-0.1, -0.05) is 31.9 Å². The van der Waals surface area contributed by atoms with Crippen molar-refractivity contribution in [3.8, 4) is 0 Å². The number of hydrogen-bond acceptors (Lipinski definition) is 3. The molecule has 1 aromatic carbocycles. The lowest BCUT2D eigenvalue weighted by atomic mass is 9.98. The molecule has 1 atom stereocenters. The summed E-state index contributed by atoms with van der Waals surface area (Å²) in [6.07, 6.45) is 3.60. The first-order valence-electron chi connectivity index (χ1n) is 7.15. The molecule has 4 heteroatoms. The Hall–Kier alpha value is -1.84. The summed E-state index contributed by atoms with van der Waals surface area (Å²) in [5.74, 6) is 0.707. The first-order valence-corrected chi connectivity index (χ1v) is 7.15. The average molecular weight is 274 g/mol. The third-order valence-electron chi connectivity index (χ3n) is 3.75. The monoisotopic (exact) mass is 274 g/mol. The Morgan fingerprint density at radius 2 is 2.15 bits per heavy atom. The van der Waals surface area contributed by atoms with Crippen LogP contribution in [0.4, 0.5) is 0 Å². The minimum absolute atomic E-state index is 0.101. The van der Waals surface area contributed by atoms with E-state index >= 15 is 0 Å². The first-order chi connectivity index (χ1) is 9.67. The summed E-state index contributed by atoms with van der Waals surface area (Å²) in [4.78, 5) is 16.5. The van der Waals surface area contributed by atoms with E-state index in [-0.39, 0.29) is 11.9 Å². The van der Waals surface area contributed by atoms with Crippen LogP contribution in [0.15, 0.2) is 24.3 Å². The number of methoxy groups -OCH3 is 1. The Labute approximate surface area is 119 Å². The van der Waals surface area contributed by atoms with Crippen molar-refractivity contribution in [2.24, 2.45) is 13.0 Å². The first kappa shape index (κ1) is 14.6. The molecule has 4 nitrogen and oxygen atoms in total. The number of hydrogen-bond donors (Lipinski definition) is 0. The number of esters is 1. The quantitative estimate of drug-likeness (QED) is 0.760. The number of para-hydroxylation sites is 2. The lowest BCUT2D eigenvalue weighted by Crippen LogP contribution is -2.20. The molecule has 0 radical (unpaired) electrons. The average Bonchev–Trinajstić information content (AvgIpc) is 2.79. The van der Waals surface area contributed by atoms with Gasteiger partial charge in [-0.25, -0.2) is 4.98 Å². The highest BCUT2D eigenvalue weighted by atomic mass is 16.5. The van der Waals surface area contributed by atoms with Crippen molar-refractivity contribution >= 4 is 17.0 Å². The molecule has 1 heterocycles. The van der Waals surface area contributed by atoms with Crippen LogP contribution < -0.4 is 0 Å². The van der Waals surface area contributed by atoms with Crippen molar-refractivity contribution in [3.63, 3.8) is 0 Å². The summed E-state index contributed by atoms with van der Waals surface area (Å²) in [7, 11) is 3.45. The summed E-state index contributed by atoms with van der Waals surface area (Å²) in [5, 5.41) is 0. The van der Waals surface area contributed by atoms with E-state index in [4.69, 9.17) is 4.74 Å². The maximum Gasteiger partial charge on any atom is 0.309 e. The lowest BCUT2D eigenvalue weighted by Gasteiger charge is -2.13. The third-order valence-corrected chi connectivity index (χ3v) is 3.75. The normalized spacial score (nSPS) is 12.6. The highest BCUT2D eigenvalue weighted by molar-refractivity contribution is 5.76. The number of aryl methyl sites for hydroxylation is 1. The number of benzene rings is 1. The van der Waals surface area contributed by atoms with Gasteiger partial charge in [0.2, 0.25) is 0 Å². The molecular formula is C16H22N2O2. The van der Waals surface area contributed by atoms with Gasteiger partial charge in [-0.15, -0.1) is 0 Å². The number of fused-ring (bicyclic) bond motifs is 1. The molecule has 1 aromatic heterocycles. The topological polar surface area (TPSA) is 44.1 Å². The second-order valence-corrected chi connectivity index (χ2v) is 5.14. The van der Waals surface area contributed by atoms with E-state index in [1.807, 2.05) is 31.3 Å². The third kappa shape index (κ3) is 3.00. The Morgan fingerprint density at radius 3 is 2.80 bits per heavy atom. The van der Waals surface area contributed by atoms with Crippen molar-refractivity contribution < 1.29 is 9.53 Å². The molecule has 1 unspecified atom stereocenters. The molecule has 2 aromatic rings. The van der Waals surface area contributed by atoms with Gasteiger partial charge in [0, 0.05) is 13.5 Å². The van der Waals surface area contributed by atoms with E-state index in [1.165, 1.54) is 7.11 Å². The number of carbonyl (C=O) groups is 1. The molecule has 0 amide bonds. The lowest BCUT2D eigenvalue weighted by molar-refractivity contribution is -0.145. The fourth-order valence-electron chi connectivity index (χ4n) is 2.52. The zero-order valence-corrected chi connectivity index (χ0v) is 12.4. The number of imidazole rings is 1. The molecule has 2 rings (SSSR count). The van der Waals surface area contributed by atoms with Gasteiger partial charge in [-0.2, -0.15) is 0 Å². The van der Waals surface area contributed by atoms with Crippen LogP contribution in [0.25, 0.3) is 11.0 Å². The molecule has 0 saturated carbocycles. The van der Waals surface area contributed by atoms with E-state index in [1.54, 1.807) is 0 Å². The Bertz CT molecular complexity index is 589. The summed E-state index contributed by atoms with van der Waals surface area (Å²) < 4.78 is 6.99. The van der Waals surface area contributed by atoms with Crippen LogP contribution in [-0.2, 0) is 23.0 Å². The minimum Gasteiger partial charge on any atom is -0.469 e. The van der Waals surface area contributed by atoms with Gasteiger partial charge in [0.1, 0.15) is 5.82 Å². The van der Waals surface area contributed by atoms with Crippen LogP contribution in [0.3, 0.4) is 0 Å². The van der Waals surface area contributed by atoms with Crippen molar-refractivity contribution in [3.05, 3.63) is 30.1 Å². The number of rotatable bonds is 6. The van der Waals surface area contributed by atoms with Crippen molar-refractivity contribution in [2.75, 3.05) is 7.11 Å². The fraction of sp³-hybridized carbons (Fsp3) is 0.500. The van der Waals surface area contributed by atoms with Crippen LogP contribution in [-0.4, -0.2) is 22.6 Å². The molecule has 0 aliphatic heterocycles. The maximum absolute atomic E-state index is 11.9. The summed E-state index contributed by atoms with van der Waals surface area (Å²) in [5.41, 5.74) is 2.07. The summed E-state index contributed by atoms with van der Waals surface area (Å²) in [6.45, 7) is 2.13. The van der Waals surface area contributed by atoms with Crippen LogP contribution in [0.5, 0.6) is 0 Å². The zero-order chi connectivity index (χ0) is 14.5. The van der Waals surface area contributed by atoms with Gasteiger partial charge in [0.25, 0.3) is 0 Å². The number of nitrogens with zero attached hydrogens (tertiary/aromatic N) is 2. The van der Waals surface area contributed by atoms with Gasteiger partial charge in [-0.3, -0.25) is 4.79 Å². The highest BCUT2D eigenvalue weighted by Gasteiger charge is 2.21. The van der Waals surface area contributed by atoms with E-state index in [0.29, 0.717) is 6.42 Å². The molecular weight excluding hydrogens is 252 g/mol. The number of unbranched alkanes of at least 4 members (excludes halogenated alkanes) is 1. The van der Waals surface area contributed by atoms with Gasteiger partial charge in [0.15, 0.2) is 0 Å². The number of carbonyl (C=O) groups excluding carboxylic acids is 1. The second-order valence-electron chi connectivity index (χ2n) is 5.14. The van der Waals surface area contributed by atoms with Crippen molar-refractivity contribution in [1.82, 2.24) is 9.55 Å². The molecule has 0 aliphatic carbocycles. The van der Waals surface area contributed by atoms with Crippen molar-refractivity contribution in [1.29, 1.82) is 0 Å². The molecule has 20 heavy (non-hydrogen) atoms. The van der Waals surface area contributed by atoms with Crippen LogP contribution in [0.2, 0.25) is 0 Å². The number of ether oxygens (including phenoxy) is 1. The molecule has 0 fully saturated rings. The SMILES string of the molecule is CCCCC(Cc1nc2ccccc2n1C)C(=O)OC. The standard InChI is InChI=1S/C16H22N2O2/c1-4-5-8-12(16(19)20-3)11-15-17-13-9-6-7-10-14(13)18(15)2/h6-7,9-10,12H,4-5,8,11H2,1-3H3. The molecule has 0 bridgehead atoms. The summed E-state index contributed by atoms with van der Waals surface area (Å²) in [6, 6.07) is 8.03. The smallest absolute Gasteiger partial charge is 0.309 e. The van der Waals surface area contributed by atoms with Gasteiger partial charge in [-0.05, 0) is 18.6 Å². The molecule has 0 spiro atoms.